The molecule has 0 unspecified atom stereocenters. The number of amidine groups is 2. The van der Waals surface area contributed by atoms with E-state index in [1.54, 1.807) is 11.3 Å². The molecule has 0 radical (unpaired) electrons. The summed E-state index contributed by atoms with van der Waals surface area (Å²) >= 11 is 1.64. The van der Waals surface area contributed by atoms with Crippen molar-refractivity contribution in [2.24, 2.45) is 0 Å². The van der Waals surface area contributed by atoms with Crippen molar-refractivity contribution in [1.82, 2.24) is 39.5 Å². The highest BCUT2D eigenvalue weighted by Crippen LogP contribution is 2.34. The molecule has 3 aromatic heterocycles. The van der Waals surface area contributed by atoms with Gasteiger partial charge in [-0.25, -0.2) is 9.97 Å². The van der Waals surface area contributed by atoms with Gasteiger partial charge < -0.3 is 29.6 Å². The summed E-state index contributed by atoms with van der Waals surface area (Å²) in [6.45, 7) is 7.42. The van der Waals surface area contributed by atoms with Crippen LogP contribution in [0.2, 0.25) is 0 Å². The molecule has 4 N–H and O–H groups in total. The Morgan fingerprint density at radius 2 is 1.05 bits per heavy atom. The first-order chi connectivity index (χ1) is 19.9. The second-order valence-corrected chi connectivity index (χ2v) is 12.2. The second-order valence-electron chi connectivity index (χ2n) is 11.1. The molecule has 11 heteroatoms. The van der Waals surface area contributed by atoms with Gasteiger partial charge in [0.25, 0.3) is 0 Å². The van der Waals surface area contributed by atoms with Gasteiger partial charge in [0.2, 0.25) is 0 Å². The Labute approximate surface area is 242 Å². The quantitative estimate of drug-likeness (QED) is 0.193. The van der Waals surface area contributed by atoms with Crippen molar-refractivity contribution in [3.05, 3.63) is 59.7 Å². The average molecular weight is 567 g/mol. The lowest BCUT2D eigenvalue weighted by Gasteiger charge is -2.34. The Morgan fingerprint density at radius 3 is 1.46 bits per heavy atom. The molecule has 0 atom stereocenters. The van der Waals surface area contributed by atoms with Crippen molar-refractivity contribution >= 4 is 45.1 Å². The molecule has 0 spiro atoms. The van der Waals surface area contributed by atoms with Gasteiger partial charge in [0.05, 0.1) is 31.8 Å². The molecular formula is C30H34N10S. The summed E-state index contributed by atoms with van der Waals surface area (Å²) in [7, 11) is 4.25. The zero-order valence-corrected chi connectivity index (χ0v) is 24.2. The first-order valence-corrected chi connectivity index (χ1v) is 14.9. The van der Waals surface area contributed by atoms with Crippen molar-refractivity contribution in [3.63, 3.8) is 0 Å². The van der Waals surface area contributed by atoms with Crippen LogP contribution in [-0.2, 0) is 0 Å². The number of hydrogen-bond acceptors (Lipinski definition) is 7. The number of likely N-dealkylation sites (N-methyl/N-ethyl adjacent to an activating group) is 2. The first kappa shape index (κ1) is 25.9. The summed E-state index contributed by atoms with van der Waals surface area (Å²) in [5.74, 6) is 2.78. The second kappa shape index (κ2) is 10.4. The summed E-state index contributed by atoms with van der Waals surface area (Å²) in [6.07, 6.45) is 0. The minimum atomic E-state index is 0.571. The van der Waals surface area contributed by atoms with Gasteiger partial charge in [0, 0.05) is 63.5 Å². The fourth-order valence-corrected chi connectivity index (χ4v) is 6.46. The zero-order chi connectivity index (χ0) is 28.1. The number of aromatic nitrogens is 4. The number of imidazole rings is 2. The Morgan fingerprint density at radius 1 is 0.634 bits per heavy atom. The fraction of sp³-hybridized carbons (Fsp3) is 0.333. The molecule has 41 heavy (non-hydrogen) atoms. The number of nitrogens with one attached hydrogen (secondary N) is 4. The van der Waals surface area contributed by atoms with E-state index in [1.165, 1.54) is 0 Å². The predicted molar refractivity (Wildman–Crippen MR) is 166 cm³/mol. The Balaban J connectivity index is 1.10. The number of thiophene rings is 1. The summed E-state index contributed by atoms with van der Waals surface area (Å²) in [5.41, 5.74) is 5.47. The molecule has 2 aliphatic rings. The molecule has 10 nitrogen and oxygen atoms in total. The van der Waals surface area contributed by atoms with Gasteiger partial charge in [-0.05, 0) is 62.6 Å². The maximum atomic E-state index is 8.73. The lowest BCUT2D eigenvalue weighted by Crippen LogP contribution is -2.47. The fourth-order valence-electron chi connectivity index (χ4n) is 5.56. The number of fused-ring (bicyclic) bond motifs is 2. The molecule has 2 fully saturated rings. The third kappa shape index (κ3) is 5.01. The average Bonchev–Trinajstić information content (AvgIpc) is 3.74. The third-order valence-corrected chi connectivity index (χ3v) is 9.32. The van der Waals surface area contributed by atoms with Crippen LogP contribution in [0.4, 0.5) is 0 Å². The standard InChI is InChI=1S/C30H34N10S/c1-37-9-13-39(14-10-37)27(31)19-3-5-21-23(17-19)35-29(33-21)25-7-8-26(41-25)30-34-22-6-4-20(18-24(22)36-30)28(32)40-15-11-38(2)12-16-40/h3-8,17-18,31-32H,9-16H2,1-2H3,(H,33,35)(H,34,36). The first-order valence-electron chi connectivity index (χ1n) is 14.1. The number of piperazine rings is 2. The van der Waals surface area contributed by atoms with Gasteiger partial charge >= 0.3 is 0 Å². The number of aromatic amines is 2. The number of benzene rings is 2. The molecule has 0 amide bonds. The van der Waals surface area contributed by atoms with E-state index >= 15 is 0 Å². The van der Waals surface area contributed by atoms with Crippen LogP contribution in [0.5, 0.6) is 0 Å². The predicted octanol–water partition coefficient (Wildman–Crippen LogP) is 3.98. The van der Waals surface area contributed by atoms with Crippen LogP contribution < -0.4 is 0 Å². The molecule has 2 aromatic carbocycles. The van der Waals surface area contributed by atoms with E-state index in [-0.39, 0.29) is 0 Å². The summed E-state index contributed by atoms with van der Waals surface area (Å²) in [4.78, 5) is 27.6. The van der Waals surface area contributed by atoms with Crippen LogP contribution in [0.3, 0.4) is 0 Å². The highest BCUT2D eigenvalue weighted by molar-refractivity contribution is 7.18. The van der Waals surface area contributed by atoms with Crippen molar-refractivity contribution in [3.8, 4) is 21.4 Å². The Kier molecular flexibility index (Phi) is 6.57. The molecule has 2 aliphatic heterocycles. The maximum absolute atomic E-state index is 8.73. The smallest absolute Gasteiger partial charge is 0.148 e. The van der Waals surface area contributed by atoms with Gasteiger partial charge in [-0.15, -0.1) is 11.3 Å². The van der Waals surface area contributed by atoms with Crippen LogP contribution in [0.25, 0.3) is 43.5 Å². The van der Waals surface area contributed by atoms with Crippen molar-refractivity contribution in [2.45, 2.75) is 0 Å². The molecule has 5 heterocycles. The lowest BCUT2D eigenvalue weighted by molar-refractivity contribution is 0.215. The monoisotopic (exact) mass is 566 g/mol. The van der Waals surface area contributed by atoms with Crippen LogP contribution in [0.1, 0.15) is 11.1 Å². The van der Waals surface area contributed by atoms with E-state index in [9.17, 15) is 0 Å². The van der Waals surface area contributed by atoms with E-state index in [0.717, 1.165) is 107 Å². The highest BCUT2D eigenvalue weighted by Gasteiger charge is 2.20. The largest absolute Gasteiger partial charge is 0.354 e. The van der Waals surface area contributed by atoms with E-state index in [4.69, 9.17) is 20.8 Å². The Bertz CT molecular complexity index is 1620. The molecule has 0 bridgehead atoms. The number of rotatable bonds is 4. The van der Waals surface area contributed by atoms with Crippen LogP contribution in [-0.4, -0.2) is 118 Å². The van der Waals surface area contributed by atoms with Crippen LogP contribution in [0, 0.1) is 10.8 Å². The summed E-state index contributed by atoms with van der Waals surface area (Å²) < 4.78 is 0. The number of hydrogen-bond donors (Lipinski definition) is 4. The maximum Gasteiger partial charge on any atom is 0.148 e. The number of H-pyrrole nitrogens is 2. The van der Waals surface area contributed by atoms with Gasteiger partial charge in [-0.1, -0.05) is 0 Å². The van der Waals surface area contributed by atoms with Gasteiger partial charge in [0.1, 0.15) is 23.3 Å². The van der Waals surface area contributed by atoms with E-state index in [2.05, 4.69) is 55.8 Å². The molecule has 0 saturated carbocycles. The van der Waals surface area contributed by atoms with Gasteiger partial charge in [-0.3, -0.25) is 10.8 Å². The van der Waals surface area contributed by atoms with E-state index < -0.39 is 0 Å². The molecule has 210 valence electrons. The SMILES string of the molecule is CN1CCN(C(=N)c2ccc3nc(-c4ccc(-c5nc6ccc(C(=N)N7CCN(C)CC7)cc6[nH]5)s4)[nH]c3c2)CC1. The topological polar surface area (TPSA) is 118 Å². The van der Waals surface area contributed by atoms with Gasteiger partial charge in [-0.2, -0.15) is 0 Å². The molecule has 0 aliphatic carbocycles. The van der Waals surface area contributed by atoms with Crippen LogP contribution >= 0.6 is 11.3 Å². The number of nitrogens with zero attached hydrogens (tertiary/aromatic N) is 6. The molecular weight excluding hydrogens is 532 g/mol. The highest BCUT2D eigenvalue weighted by atomic mass is 32.1. The normalized spacial score (nSPS) is 17.1. The minimum Gasteiger partial charge on any atom is -0.354 e. The lowest BCUT2D eigenvalue weighted by atomic mass is 10.1. The van der Waals surface area contributed by atoms with Gasteiger partial charge in [0.15, 0.2) is 0 Å². The molecule has 7 rings (SSSR count). The van der Waals surface area contributed by atoms with E-state index in [1.807, 2.05) is 36.4 Å². The van der Waals surface area contributed by atoms with Crippen molar-refractivity contribution in [2.75, 3.05) is 66.5 Å². The molecule has 5 aromatic rings. The third-order valence-electron chi connectivity index (χ3n) is 8.22. The van der Waals surface area contributed by atoms with Crippen molar-refractivity contribution < 1.29 is 0 Å². The van der Waals surface area contributed by atoms with E-state index in [0.29, 0.717) is 11.7 Å². The Hall–Kier alpha value is -4.06. The zero-order valence-electron chi connectivity index (χ0n) is 23.4. The van der Waals surface area contributed by atoms with Crippen LogP contribution in [0.15, 0.2) is 48.5 Å². The summed E-state index contributed by atoms with van der Waals surface area (Å²) in [5, 5.41) is 17.5. The summed E-state index contributed by atoms with van der Waals surface area (Å²) in [6, 6.07) is 16.2. The van der Waals surface area contributed by atoms with Crippen molar-refractivity contribution in [1.29, 1.82) is 10.8 Å². The minimum absolute atomic E-state index is 0.571. The molecule has 2 saturated heterocycles.